The van der Waals surface area contributed by atoms with Gasteiger partial charge in [0, 0.05) is 43.6 Å². The van der Waals surface area contributed by atoms with E-state index in [0.717, 1.165) is 50.1 Å². The molecule has 0 aliphatic carbocycles. The maximum Gasteiger partial charge on any atom is 0.216 e. The fourth-order valence-electron chi connectivity index (χ4n) is 6.10. The third-order valence-electron chi connectivity index (χ3n) is 8.79. The summed E-state index contributed by atoms with van der Waals surface area (Å²) in [6, 6.07) is 41.9. The second-order valence-corrected chi connectivity index (χ2v) is 13.4. The Bertz CT molecular complexity index is 2370. The minimum atomic E-state index is 0. The second kappa shape index (κ2) is 13.9. The standard InChI is InChI=1S/C33H29N2O.C11H8N.Ir/c1-19-14-23-15-24(33(4,5)6)12-11-22(23)16-28(19)29-17-30(34-18-20(29)2)27-9-7-8-25-26-13-10-21(3)35-32(26)36-31(25)27;1-2-6-10(7-3-1)11-8-4-5-9-12-11;/h7-8,10-18H,1-6H3;1-6,8-9H;/q2*-1;. The van der Waals surface area contributed by atoms with Gasteiger partial charge in [0.25, 0.3) is 0 Å². The molecule has 8 aromatic rings. The zero-order valence-electron chi connectivity index (χ0n) is 28.6. The SMILES string of the molecule is Cc1ccc2c(n1)oc1c(-c3cc(-c4cc5ccc(C(C)(C)C)cc5cc4C)c(C)cn3)[c-]ccc12.[Ir].[c-]1ccccc1-c1ccccn1. The quantitative estimate of drug-likeness (QED) is 0.167. The van der Waals surface area contributed by atoms with E-state index in [1.807, 2.05) is 73.8 Å². The smallest absolute Gasteiger partial charge is 0.216 e. The molecule has 0 N–H and O–H groups in total. The number of nitrogens with zero attached hydrogens (tertiary/aromatic N) is 3. The Labute approximate surface area is 301 Å². The first-order chi connectivity index (χ1) is 23.2. The summed E-state index contributed by atoms with van der Waals surface area (Å²) in [4.78, 5) is 13.6. The molecule has 4 aromatic heterocycles. The normalized spacial score (nSPS) is 11.3. The fraction of sp³-hybridized carbons (Fsp3) is 0.159. The summed E-state index contributed by atoms with van der Waals surface area (Å²) in [5, 5.41) is 4.57. The topological polar surface area (TPSA) is 51.8 Å². The molecule has 4 aromatic carbocycles. The van der Waals surface area contributed by atoms with Crippen molar-refractivity contribution in [3.8, 4) is 33.6 Å². The van der Waals surface area contributed by atoms with E-state index in [9.17, 15) is 0 Å². The van der Waals surface area contributed by atoms with E-state index in [1.165, 1.54) is 33.0 Å². The van der Waals surface area contributed by atoms with E-state index in [2.05, 4.69) is 99.2 Å². The van der Waals surface area contributed by atoms with Gasteiger partial charge in [0.15, 0.2) is 0 Å². The van der Waals surface area contributed by atoms with Crippen LogP contribution in [0.25, 0.3) is 66.5 Å². The first-order valence-corrected chi connectivity index (χ1v) is 16.3. The minimum Gasteiger partial charge on any atom is -0.486 e. The van der Waals surface area contributed by atoms with Crippen LogP contribution in [0.3, 0.4) is 0 Å². The molecular formula is C44H37IrN3O-2. The van der Waals surface area contributed by atoms with Crippen molar-refractivity contribution in [1.82, 2.24) is 15.0 Å². The summed E-state index contributed by atoms with van der Waals surface area (Å²) in [6.07, 6.45) is 3.74. The predicted molar refractivity (Wildman–Crippen MR) is 198 cm³/mol. The third-order valence-corrected chi connectivity index (χ3v) is 8.79. The van der Waals surface area contributed by atoms with Gasteiger partial charge in [-0.15, -0.1) is 54.1 Å². The molecule has 49 heavy (non-hydrogen) atoms. The van der Waals surface area contributed by atoms with Crippen molar-refractivity contribution >= 4 is 32.8 Å². The van der Waals surface area contributed by atoms with E-state index >= 15 is 0 Å². The number of furan rings is 1. The van der Waals surface area contributed by atoms with Crippen LogP contribution in [-0.4, -0.2) is 15.0 Å². The van der Waals surface area contributed by atoms with E-state index in [0.29, 0.717) is 5.71 Å². The average Bonchev–Trinajstić information content (AvgIpc) is 3.46. The fourth-order valence-corrected chi connectivity index (χ4v) is 6.10. The molecule has 0 unspecified atom stereocenters. The zero-order valence-corrected chi connectivity index (χ0v) is 30.9. The summed E-state index contributed by atoms with van der Waals surface area (Å²) >= 11 is 0. The van der Waals surface area contributed by atoms with Gasteiger partial charge < -0.3 is 14.4 Å². The maximum absolute atomic E-state index is 6.23. The Kier molecular flexibility index (Phi) is 9.61. The number of aryl methyl sites for hydroxylation is 3. The van der Waals surface area contributed by atoms with Crippen LogP contribution in [0.15, 0.2) is 120 Å². The number of pyridine rings is 3. The third kappa shape index (κ3) is 6.96. The van der Waals surface area contributed by atoms with Crippen molar-refractivity contribution in [3.05, 3.63) is 150 Å². The number of benzene rings is 4. The summed E-state index contributed by atoms with van der Waals surface area (Å²) in [6.45, 7) is 13.1. The van der Waals surface area contributed by atoms with Crippen molar-refractivity contribution in [1.29, 1.82) is 0 Å². The molecule has 0 atom stereocenters. The number of rotatable bonds is 3. The number of hydrogen-bond donors (Lipinski definition) is 0. The van der Waals surface area contributed by atoms with Gasteiger partial charge in [0.1, 0.15) is 0 Å². The summed E-state index contributed by atoms with van der Waals surface area (Å²) in [7, 11) is 0. The van der Waals surface area contributed by atoms with Crippen LogP contribution >= 0.6 is 0 Å². The first kappa shape index (κ1) is 33.9. The summed E-state index contributed by atoms with van der Waals surface area (Å²) in [5.41, 5.74) is 12.3. The van der Waals surface area contributed by atoms with Crippen molar-refractivity contribution in [2.75, 3.05) is 0 Å². The van der Waals surface area contributed by atoms with Gasteiger partial charge in [-0.2, -0.15) is 0 Å². The van der Waals surface area contributed by atoms with Crippen molar-refractivity contribution in [2.45, 2.75) is 47.0 Å². The van der Waals surface area contributed by atoms with E-state index in [-0.39, 0.29) is 25.5 Å². The van der Waals surface area contributed by atoms with E-state index in [4.69, 9.17) is 9.40 Å². The van der Waals surface area contributed by atoms with Gasteiger partial charge in [0.2, 0.25) is 5.71 Å². The van der Waals surface area contributed by atoms with Crippen LogP contribution in [0.2, 0.25) is 0 Å². The molecule has 0 amide bonds. The number of fused-ring (bicyclic) bond motifs is 4. The van der Waals surface area contributed by atoms with E-state index in [1.54, 1.807) is 6.20 Å². The number of aromatic nitrogens is 3. The molecule has 5 heteroatoms. The Morgan fingerprint density at radius 2 is 1.47 bits per heavy atom. The molecule has 245 valence electrons. The Hall–Kier alpha value is -4.96. The first-order valence-electron chi connectivity index (χ1n) is 16.3. The van der Waals surface area contributed by atoms with Crippen molar-refractivity contribution < 1.29 is 24.5 Å². The molecule has 0 spiro atoms. The molecule has 0 aliphatic heterocycles. The molecule has 1 radical (unpaired) electrons. The molecular weight excluding hydrogens is 779 g/mol. The van der Waals surface area contributed by atoms with Crippen LogP contribution in [0.1, 0.15) is 43.2 Å². The van der Waals surface area contributed by atoms with Gasteiger partial charge in [0.05, 0.1) is 5.58 Å². The van der Waals surface area contributed by atoms with Gasteiger partial charge in [-0.05, 0) is 100 Å². The van der Waals surface area contributed by atoms with Crippen molar-refractivity contribution in [2.24, 2.45) is 0 Å². The van der Waals surface area contributed by atoms with Crippen LogP contribution in [-0.2, 0) is 25.5 Å². The van der Waals surface area contributed by atoms with Crippen LogP contribution in [0.5, 0.6) is 0 Å². The summed E-state index contributed by atoms with van der Waals surface area (Å²) < 4.78 is 6.23. The van der Waals surface area contributed by atoms with Gasteiger partial charge in [-0.1, -0.05) is 74.2 Å². The monoisotopic (exact) mass is 816 g/mol. The summed E-state index contributed by atoms with van der Waals surface area (Å²) in [5.74, 6) is 0. The van der Waals surface area contributed by atoms with Crippen LogP contribution in [0.4, 0.5) is 0 Å². The molecule has 0 aliphatic rings. The van der Waals surface area contributed by atoms with Crippen LogP contribution in [0, 0.1) is 32.9 Å². The molecule has 0 fully saturated rings. The zero-order chi connectivity index (χ0) is 33.4. The van der Waals surface area contributed by atoms with Gasteiger partial charge >= 0.3 is 0 Å². The minimum absolute atomic E-state index is 0. The van der Waals surface area contributed by atoms with Gasteiger partial charge in [-0.25, -0.2) is 4.98 Å². The van der Waals surface area contributed by atoms with Crippen molar-refractivity contribution in [3.63, 3.8) is 0 Å². The Morgan fingerprint density at radius 3 is 2.22 bits per heavy atom. The Morgan fingerprint density at radius 1 is 0.653 bits per heavy atom. The Balaban J connectivity index is 0.000000270. The molecule has 0 bridgehead atoms. The van der Waals surface area contributed by atoms with E-state index < -0.39 is 0 Å². The average molecular weight is 816 g/mol. The largest absolute Gasteiger partial charge is 0.486 e. The van der Waals surface area contributed by atoms with Crippen LogP contribution < -0.4 is 0 Å². The molecule has 0 saturated carbocycles. The molecule has 4 nitrogen and oxygen atoms in total. The molecule has 0 saturated heterocycles. The van der Waals surface area contributed by atoms with Gasteiger partial charge in [-0.3, -0.25) is 0 Å². The maximum atomic E-state index is 6.23. The second-order valence-electron chi connectivity index (χ2n) is 13.4. The molecule has 4 heterocycles. The number of hydrogen-bond acceptors (Lipinski definition) is 4. The predicted octanol–water partition coefficient (Wildman–Crippen LogP) is 11.4. The molecule has 8 rings (SSSR count).